The van der Waals surface area contributed by atoms with Crippen LogP contribution in [0.2, 0.25) is 0 Å². The Hall–Kier alpha value is -2.68. The van der Waals surface area contributed by atoms with Crippen molar-refractivity contribution in [3.63, 3.8) is 0 Å². The van der Waals surface area contributed by atoms with Gasteiger partial charge in [0.15, 0.2) is 0 Å². The number of rotatable bonds is 3. The van der Waals surface area contributed by atoms with Gasteiger partial charge in [0.1, 0.15) is 17.7 Å². The van der Waals surface area contributed by atoms with E-state index in [1.807, 2.05) is 12.1 Å². The Bertz CT molecular complexity index is 783. The maximum absolute atomic E-state index is 13.9. The zero-order chi connectivity index (χ0) is 17.1. The summed E-state index contributed by atoms with van der Waals surface area (Å²) in [5.41, 5.74) is 1.31. The molecule has 6 heteroatoms. The van der Waals surface area contributed by atoms with E-state index < -0.39 is 5.82 Å². The first-order valence-corrected chi connectivity index (χ1v) is 8.12. The number of benzene rings is 1. The van der Waals surface area contributed by atoms with E-state index in [0.29, 0.717) is 23.1 Å². The summed E-state index contributed by atoms with van der Waals surface area (Å²) in [5, 5.41) is 11.8. The van der Waals surface area contributed by atoms with Crippen molar-refractivity contribution in [3.05, 3.63) is 35.6 Å². The number of halogens is 1. The van der Waals surface area contributed by atoms with Crippen molar-refractivity contribution in [3.8, 4) is 17.3 Å². The van der Waals surface area contributed by atoms with Gasteiger partial charge in [0, 0.05) is 31.8 Å². The number of nitrogens with zero attached hydrogens (tertiary/aromatic N) is 4. The highest BCUT2D eigenvalue weighted by Crippen LogP contribution is 2.27. The molecule has 124 valence electrons. The molecule has 1 N–H and O–H groups in total. The first-order valence-electron chi connectivity index (χ1n) is 8.12. The summed E-state index contributed by atoms with van der Waals surface area (Å²) in [4.78, 5) is 11.2. The van der Waals surface area contributed by atoms with Crippen LogP contribution >= 0.6 is 0 Å². The van der Waals surface area contributed by atoms with Crippen LogP contribution in [0, 0.1) is 23.1 Å². The van der Waals surface area contributed by atoms with E-state index in [9.17, 15) is 4.39 Å². The summed E-state index contributed by atoms with van der Waals surface area (Å²) in [6.07, 6.45) is 2.37. The van der Waals surface area contributed by atoms with E-state index in [1.165, 1.54) is 18.6 Å². The average molecular weight is 325 g/mol. The lowest BCUT2D eigenvalue weighted by molar-refractivity contribution is 0.444. The van der Waals surface area contributed by atoms with Crippen molar-refractivity contribution in [2.24, 2.45) is 5.92 Å². The van der Waals surface area contributed by atoms with E-state index in [4.69, 9.17) is 5.26 Å². The van der Waals surface area contributed by atoms with E-state index in [0.717, 1.165) is 25.3 Å². The Balaban J connectivity index is 2.00. The third-order valence-electron chi connectivity index (χ3n) is 4.30. The number of piperidine rings is 1. The first-order chi connectivity index (χ1) is 11.6. The van der Waals surface area contributed by atoms with Crippen LogP contribution in [-0.2, 0) is 0 Å². The van der Waals surface area contributed by atoms with E-state index >= 15 is 0 Å². The molecule has 1 aromatic heterocycles. The van der Waals surface area contributed by atoms with Crippen LogP contribution in [0.15, 0.2) is 24.3 Å². The maximum Gasteiger partial charge on any atom is 0.224 e. The molecule has 1 aliphatic rings. The fourth-order valence-corrected chi connectivity index (χ4v) is 3.02. The standard InChI is InChI=1S/C18H20FN5/c1-12-4-3-7-24(11-12)17-9-16(22-18(21-2)23-17)13-5-6-14(10-20)15(19)8-13/h5-6,8-9,12H,3-4,7,11H2,1-2H3,(H,21,22,23)/t12-/m1/s1. The molecule has 1 aromatic carbocycles. The van der Waals surface area contributed by atoms with E-state index in [1.54, 1.807) is 13.1 Å². The number of aromatic nitrogens is 2. The summed E-state index contributed by atoms with van der Waals surface area (Å²) >= 11 is 0. The molecule has 5 nitrogen and oxygen atoms in total. The Morgan fingerprint density at radius 2 is 2.17 bits per heavy atom. The predicted molar refractivity (Wildman–Crippen MR) is 92.3 cm³/mol. The monoisotopic (exact) mass is 325 g/mol. The van der Waals surface area contributed by atoms with Gasteiger partial charge in [0.25, 0.3) is 0 Å². The fraction of sp³-hybridized carbons (Fsp3) is 0.389. The van der Waals surface area contributed by atoms with Gasteiger partial charge in [-0.3, -0.25) is 0 Å². The molecule has 2 aromatic rings. The van der Waals surface area contributed by atoms with Crippen LogP contribution in [-0.4, -0.2) is 30.1 Å². The molecule has 0 bridgehead atoms. The van der Waals surface area contributed by atoms with Crippen LogP contribution in [0.4, 0.5) is 16.2 Å². The normalized spacial score (nSPS) is 17.4. The van der Waals surface area contributed by atoms with Gasteiger partial charge in [-0.25, -0.2) is 9.37 Å². The van der Waals surface area contributed by atoms with Crippen LogP contribution < -0.4 is 10.2 Å². The minimum atomic E-state index is -0.534. The lowest BCUT2D eigenvalue weighted by atomic mass is 10.0. The third-order valence-corrected chi connectivity index (χ3v) is 4.30. The van der Waals surface area contributed by atoms with Crippen molar-refractivity contribution in [1.29, 1.82) is 5.26 Å². The SMILES string of the molecule is CNc1nc(-c2ccc(C#N)c(F)c2)cc(N2CCC[C@@H](C)C2)n1. The molecule has 3 rings (SSSR count). The smallest absolute Gasteiger partial charge is 0.224 e. The van der Waals surface area contributed by atoms with Crippen molar-refractivity contribution >= 4 is 11.8 Å². The zero-order valence-electron chi connectivity index (χ0n) is 13.9. The lowest BCUT2D eigenvalue weighted by Gasteiger charge is -2.32. The van der Waals surface area contributed by atoms with Crippen molar-refractivity contribution < 1.29 is 4.39 Å². The third kappa shape index (κ3) is 3.30. The van der Waals surface area contributed by atoms with Gasteiger partial charge in [-0.2, -0.15) is 10.2 Å². The number of anilines is 2. The Morgan fingerprint density at radius 1 is 1.33 bits per heavy atom. The summed E-state index contributed by atoms with van der Waals surface area (Å²) in [7, 11) is 1.76. The zero-order valence-corrected chi connectivity index (χ0v) is 13.9. The topological polar surface area (TPSA) is 64.8 Å². The summed E-state index contributed by atoms with van der Waals surface area (Å²) in [6, 6.07) is 8.27. The van der Waals surface area contributed by atoms with Crippen LogP contribution in [0.3, 0.4) is 0 Å². The molecule has 0 aliphatic carbocycles. The van der Waals surface area contributed by atoms with Gasteiger partial charge >= 0.3 is 0 Å². The molecule has 0 unspecified atom stereocenters. The van der Waals surface area contributed by atoms with Gasteiger partial charge in [-0.1, -0.05) is 13.0 Å². The summed E-state index contributed by atoms with van der Waals surface area (Å²) in [6.45, 7) is 4.16. The summed E-state index contributed by atoms with van der Waals surface area (Å²) in [5.74, 6) is 1.45. The Kier molecular flexibility index (Phi) is 4.61. The second-order valence-corrected chi connectivity index (χ2v) is 6.18. The predicted octanol–water partition coefficient (Wildman–Crippen LogP) is 3.43. The molecule has 2 heterocycles. The molecule has 24 heavy (non-hydrogen) atoms. The Morgan fingerprint density at radius 3 is 2.83 bits per heavy atom. The van der Waals surface area contributed by atoms with Crippen molar-refractivity contribution in [1.82, 2.24) is 9.97 Å². The van der Waals surface area contributed by atoms with Crippen LogP contribution in [0.5, 0.6) is 0 Å². The summed E-state index contributed by atoms with van der Waals surface area (Å²) < 4.78 is 13.9. The second-order valence-electron chi connectivity index (χ2n) is 6.18. The lowest BCUT2D eigenvalue weighted by Crippen LogP contribution is -2.35. The quantitative estimate of drug-likeness (QED) is 0.936. The molecule has 1 atom stereocenters. The molecule has 1 saturated heterocycles. The van der Waals surface area contributed by atoms with Gasteiger partial charge in [0.2, 0.25) is 5.95 Å². The largest absolute Gasteiger partial charge is 0.357 e. The molecule has 0 radical (unpaired) electrons. The molecule has 1 aliphatic heterocycles. The highest BCUT2D eigenvalue weighted by molar-refractivity contribution is 5.66. The highest BCUT2D eigenvalue weighted by Gasteiger charge is 2.19. The number of hydrogen-bond acceptors (Lipinski definition) is 5. The molecule has 0 amide bonds. The van der Waals surface area contributed by atoms with Gasteiger partial charge in [-0.05, 0) is 30.9 Å². The van der Waals surface area contributed by atoms with Crippen molar-refractivity contribution in [2.75, 3.05) is 30.4 Å². The van der Waals surface area contributed by atoms with Gasteiger partial charge in [0.05, 0.1) is 11.3 Å². The van der Waals surface area contributed by atoms with Crippen LogP contribution in [0.1, 0.15) is 25.3 Å². The minimum absolute atomic E-state index is 0.0340. The average Bonchev–Trinajstić information content (AvgIpc) is 2.61. The van der Waals surface area contributed by atoms with E-state index in [-0.39, 0.29) is 5.56 Å². The van der Waals surface area contributed by atoms with Crippen molar-refractivity contribution in [2.45, 2.75) is 19.8 Å². The Labute approximate surface area is 141 Å². The number of nitriles is 1. The highest BCUT2D eigenvalue weighted by atomic mass is 19.1. The second kappa shape index (κ2) is 6.83. The molecule has 0 saturated carbocycles. The molecule has 1 fully saturated rings. The molecular weight excluding hydrogens is 305 g/mol. The fourth-order valence-electron chi connectivity index (χ4n) is 3.02. The number of hydrogen-bond donors (Lipinski definition) is 1. The maximum atomic E-state index is 13.9. The molecule has 0 spiro atoms. The first kappa shape index (κ1) is 16.2. The number of nitrogens with one attached hydrogen (secondary N) is 1. The minimum Gasteiger partial charge on any atom is -0.357 e. The van der Waals surface area contributed by atoms with Gasteiger partial charge < -0.3 is 10.2 Å². The molecular formula is C18H20FN5. The van der Waals surface area contributed by atoms with E-state index in [2.05, 4.69) is 27.1 Å². The van der Waals surface area contributed by atoms with Gasteiger partial charge in [-0.15, -0.1) is 0 Å². The van der Waals surface area contributed by atoms with Crippen LogP contribution in [0.25, 0.3) is 11.3 Å².